The molecule has 5 rings (SSSR count). The first kappa shape index (κ1) is 23.6. The van der Waals surface area contributed by atoms with Crippen molar-refractivity contribution in [1.29, 1.82) is 0 Å². The number of H-pyrrole nitrogens is 1. The maximum Gasteiger partial charge on any atom is 0.0761 e. The van der Waals surface area contributed by atoms with Gasteiger partial charge in [0.2, 0.25) is 0 Å². The Labute approximate surface area is 208 Å². The van der Waals surface area contributed by atoms with Crippen LogP contribution in [0.25, 0.3) is 5.57 Å². The van der Waals surface area contributed by atoms with Crippen molar-refractivity contribution in [2.24, 2.45) is 16.0 Å². The van der Waals surface area contributed by atoms with E-state index in [4.69, 9.17) is 10.1 Å². The smallest absolute Gasteiger partial charge is 0.0761 e. The van der Waals surface area contributed by atoms with Crippen molar-refractivity contribution in [1.82, 2.24) is 10.4 Å². The molecule has 1 aliphatic carbocycles. The Morgan fingerprint density at radius 3 is 2.57 bits per heavy atom. The highest BCUT2D eigenvalue weighted by atomic mass is 16.3. The van der Waals surface area contributed by atoms with Crippen molar-refractivity contribution in [3.63, 3.8) is 0 Å². The van der Waals surface area contributed by atoms with Gasteiger partial charge in [-0.3, -0.25) is 10.4 Å². The highest BCUT2D eigenvalue weighted by molar-refractivity contribution is 6.06. The molecule has 35 heavy (non-hydrogen) atoms. The number of aliphatic imine (C=N–C) groups is 1. The second kappa shape index (κ2) is 9.46. The predicted molar refractivity (Wildman–Crippen MR) is 145 cm³/mol. The van der Waals surface area contributed by atoms with Gasteiger partial charge in [-0.25, -0.2) is 0 Å². The number of aliphatic hydroxyl groups is 1. The van der Waals surface area contributed by atoms with Gasteiger partial charge in [0.1, 0.15) is 0 Å². The molecule has 3 aliphatic rings. The van der Waals surface area contributed by atoms with Crippen LogP contribution >= 0.6 is 0 Å². The molecule has 182 valence electrons. The third-order valence-electron chi connectivity index (χ3n) is 7.52. The molecule has 1 saturated carbocycles. The van der Waals surface area contributed by atoms with Gasteiger partial charge in [0.15, 0.2) is 0 Å². The van der Waals surface area contributed by atoms with Crippen LogP contribution < -0.4 is 5.43 Å². The summed E-state index contributed by atoms with van der Waals surface area (Å²) in [5.74, 6) is 0.290. The fourth-order valence-electron chi connectivity index (χ4n) is 5.84. The Morgan fingerprint density at radius 2 is 1.86 bits per heavy atom. The van der Waals surface area contributed by atoms with Gasteiger partial charge in [-0.05, 0) is 113 Å². The molecule has 2 unspecified atom stereocenters. The van der Waals surface area contributed by atoms with Gasteiger partial charge in [-0.1, -0.05) is 18.2 Å². The summed E-state index contributed by atoms with van der Waals surface area (Å²) < 4.78 is 0. The lowest BCUT2D eigenvalue weighted by molar-refractivity contribution is 0.145. The number of hydrazone groups is 1. The summed E-state index contributed by atoms with van der Waals surface area (Å²) in [5, 5.41) is 15.1. The van der Waals surface area contributed by atoms with Crippen LogP contribution in [0.5, 0.6) is 0 Å². The van der Waals surface area contributed by atoms with Crippen LogP contribution in [0.3, 0.4) is 0 Å². The van der Waals surface area contributed by atoms with Gasteiger partial charge >= 0.3 is 0 Å². The minimum atomic E-state index is -0.199. The second-order valence-corrected chi connectivity index (χ2v) is 10.3. The fraction of sp³-hybridized carbons (Fsp3) is 0.400. The summed E-state index contributed by atoms with van der Waals surface area (Å²) in [6.45, 7) is 10.6. The summed E-state index contributed by atoms with van der Waals surface area (Å²) >= 11 is 0. The Balaban J connectivity index is 1.60. The zero-order chi connectivity index (χ0) is 24.7. The number of hydrogen-bond donors (Lipinski definition) is 3. The molecule has 1 fully saturated rings. The van der Waals surface area contributed by atoms with Crippen LogP contribution in [0.1, 0.15) is 81.0 Å². The predicted octanol–water partition coefficient (Wildman–Crippen LogP) is 6.33. The van der Waals surface area contributed by atoms with E-state index >= 15 is 0 Å². The van der Waals surface area contributed by atoms with E-state index in [-0.39, 0.29) is 12.0 Å². The first-order valence-corrected chi connectivity index (χ1v) is 12.8. The van der Waals surface area contributed by atoms with Gasteiger partial charge in [0.25, 0.3) is 0 Å². The molecular weight excluding hydrogens is 432 g/mol. The van der Waals surface area contributed by atoms with Crippen molar-refractivity contribution in [3.05, 3.63) is 87.0 Å². The zero-order valence-electron chi connectivity index (χ0n) is 21.5. The lowest BCUT2D eigenvalue weighted by Gasteiger charge is -2.31. The molecule has 0 saturated heterocycles. The molecule has 2 aromatic rings. The number of aliphatic hydroxyl groups excluding tert-OH is 1. The Morgan fingerprint density at radius 1 is 1.03 bits per heavy atom. The normalized spacial score (nSPS) is 24.1. The quantitative estimate of drug-likeness (QED) is 0.492. The highest BCUT2D eigenvalue weighted by Gasteiger charge is 2.30. The molecule has 5 nitrogen and oxygen atoms in total. The molecule has 0 amide bonds. The third kappa shape index (κ3) is 4.57. The van der Waals surface area contributed by atoms with Gasteiger partial charge in [-0.2, -0.15) is 5.10 Å². The number of aromatic nitrogens is 1. The molecule has 1 aromatic carbocycles. The SMILES string of the molecule is CC1=CC(C)=N/C1=C(/c1cccc(C2=NNC(C)=C3CCC(O)CCCC23)c1)c1[nH]c(C)cc1C. The van der Waals surface area contributed by atoms with Crippen molar-refractivity contribution in [3.8, 4) is 0 Å². The number of rotatable bonds is 3. The Bertz CT molecular complexity index is 1320. The van der Waals surface area contributed by atoms with Gasteiger partial charge in [0.05, 0.1) is 23.2 Å². The van der Waals surface area contributed by atoms with E-state index in [9.17, 15) is 5.11 Å². The second-order valence-electron chi connectivity index (χ2n) is 10.3. The maximum absolute atomic E-state index is 10.3. The summed E-state index contributed by atoms with van der Waals surface area (Å²) in [7, 11) is 0. The van der Waals surface area contributed by atoms with Crippen LogP contribution in [0.15, 0.2) is 69.0 Å². The molecule has 2 atom stereocenters. The minimum Gasteiger partial charge on any atom is -0.393 e. The molecule has 3 N–H and O–H groups in total. The molecule has 5 heteroatoms. The van der Waals surface area contributed by atoms with E-state index < -0.39 is 0 Å². The highest BCUT2D eigenvalue weighted by Crippen LogP contribution is 2.38. The number of aromatic amines is 1. The fourth-order valence-corrected chi connectivity index (χ4v) is 5.84. The van der Waals surface area contributed by atoms with Crippen LogP contribution in [0.2, 0.25) is 0 Å². The first-order valence-electron chi connectivity index (χ1n) is 12.8. The molecule has 0 radical (unpaired) electrons. The van der Waals surface area contributed by atoms with Crippen molar-refractivity contribution >= 4 is 17.0 Å². The number of allylic oxidation sites excluding steroid dienone is 4. The van der Waals surface area contributed by atoms with E-state index in [1.165, 1.54) is 16.7 Å². The number of hydrogen-bond acceptors (Lipinski definition) is 4. The van der Waals surface area contributed by atoms with Crippen molar-refractivity contribution in [2.75, 3.05) is 0 Å². The zero-order valence-corrected chi connectivity index (χ0v) is 21.5. The summed E-state index contributed by atoms with van der Waals surface area (Å²) in [4.78, 5) is 8.53. The number of fused-ring (bicyclic) bond motifs is 1. The summed E-state index contributed by atoms with van der Waals surface area (Å²) in [6.07, 6.45) is 6.59. The molecule has 0 spiro atoms. The van der Waals surface area contributed by atoms with Gasteiger partial charge in [-0.15, -0.1) is 0 Å². The minimum absolute atomic E-state index is 0.199. The van der Waals surface area contributed by atoms with E-state index in [0.29, 0.717) is 0 Å². The van der Waals surface area contributed by atoms with Crippen LogP contribution in [-0.2, 0) is 0 Å². The summed E-state index contributed by atoms with van der Waals surface area (Å²) in [6, 6.07) is 11.0. The number of aryl methyl sites for hydroxylation is 2. The van der Waals surface area contributed by atoms with Gasteiger partial charge < -0.3 is 10.1 Å². The van der Waals surface area contributed by atoms with Gasteiger partial charge in [0, 0.05) is 28.6 Å². The average molecular weight is 469 g/mol. The van der Waals surface area contributed by atoms with E-state index in [0.717, 1.165) is 83.0 Å². The molecule has 0 bridgehead atoms. The Hall–Kier alpha value is -3.18. The van der Waals surface area contributed by atoms with Crippen molar-refractivity contribution in [2.45, 2.75) is 72.8 Å². The average Bonchev–Trinajstić information content (AvgIpc) is 3.31. The molecule has 1 aromatic heterocycles. The van der Waals surface area contributed by atoms with E-state index in [2.05, 4.69) is 81.4 Å². The van der Waals surface area contributed by atoms with Crippen LogP contribution in [0, 0.1) is 19.8 Å². The number of nitrogens with one attached hydrogen (secondary N) is 2. The first-order chi connectivity index (χ1) is 16.8. The Kier molecular flexibility index (Phi) is 6.37. The van der Waals surface area contributed by atoms with Crippen LogP contribution in [0.4, 0.5) is 0 Å². The third-order valence-corrected chi connectivity index (χ3v) is 7.52. The molecule has 3 heterocycles. The molecular formula is C30H36N4O. The summed E-state index contributed by atoms with van der Waals surface area (Å²) in [5.41, 5.74) is 17.1. The lowest BCUT2D eigenvalue weighted by atomic mass is 9.79. The largest absolute Gasteiger partial charge is 0.393 e. The molecule has 2 aliphatic heterocycles. The number of benzene rings is 1. The lowest BCUT2D eigenvalue weighted by Crippen LogP contribution is -2.30. The van der Waals surface area contributed by atoms with E-state index in [1.54, 1.807) is 0 Å². The number of nitrogens with zero attached hydrogens (tertiary/aromatic N) is 2. The monoisotopic (exact) mass is 468 g/mol. The van der Waals surface area contributed by atoms with Crippen molar-refractivity contribution < 1.29 is 5.11 Å². The van der Waals surface area contributed by atoms with E-state index in [1.807, 2.05) is 0 Å². The van der Waals surface area contributed by atoms with Crippen LogP contribution in [-0.4, -0.2) is 27.6 Å². The topological polar surface area (TPSA) is 72.8 Å². The maximum atomic E-state index is 10.3. The standard InChI is InChI=1S/C30H36N4O/c1-17-14-19(3)31-28(17)27(29-18(2)15-20(4)32-29)22-8-6-9-23(16-22)30-26-11-7-10-24(35)12-13-25(26)21(5)33-34-30/h6,8-9,14-16,24,26,31,33,35H,7,10-13H2,1-5H3/b29-27-.